The molecule has 0 radical (unpaired) electrons. The lowest BCUT2D eigenvalue weighted by Gasteiger charge is -2.31. The highest BCUT2D eigenvalue weighted by Gasteiger charge is 2.23. The second-order valence-electron chi connectivity index (χ2n) is 7.70. The van der Waals surface area contributed by atoms with Crippen LogP contribution in [0.2, 0.25) is 0 Å². The van der Waals surface area contributed by atoms with Gasteiger partial charge in [-0.25, -0.2) is 9.37 Å². The van der Waals surface area contributed by atoms with Crippen molar-refractivity contribution in [3.05, 3.63) is 70.2 Å². The predicted octanol–water partition coefficient (Wildman–Crippen LogP) is 3.36. The first-order valence-electron chi connectivity index (χ1n) is 10.0. The zero-order chi connectivity index (χ0) is 19.8. The van der Waals surface area contributed by atoms with Gasteiger partial charge in [-0.1, -0.05) is 12.1 Å². The standard InChI is InChI=1S/C22H22FN5O/c23-15-5-6-16-19(26-27-20(16)13-15)9-12-28-10-7-14(8-11-28)21-24-18-4-2-1-3-17(18)22(29)25-21/h1-6,13-14H,7-12H2,(H,26,27)(H,24,25,29). The van der Waals surface area contributed by atoms with E-state index in [1.807, 2.05) is 18.2 Å². The maximum atomic E-state index is 13.3. The van der Waals surface area contributed by atoms with E-state index in [9.17, 15) is 9.18 Å². The van der Waals surface area contributed by atoms with Crippen LogP contribution < -0.4 is 5.56 Å². The van der Waals surface area contributed by atoms with E-state index in [1.54, 1.807) is 12.1 Å². The Hall–Kier alpha value is -3.06. The Labute approximate surface area is 166 Å². The first kappa shape index (κ1) is 18.0. The van der Waals surface area contributed by atoms with Gasteiger partial charge >= 0.3 is 0 Å². The maximum absolute atomic E-state index is 13.3. The molecule has 0 bridgehead atoms. The summed E-state index contributed by atoms with van der Waals surface area (Å²) in [6, 6.07) is 12.2. The molecule has 0 unspecified atom stereocenters. The predicted molar refractivity (Wildman–Crippen MR) is 111 cm³/mol. The summed E-state index contributed by atoms with van der Waals surface area (Å²) < 4.78 is 13.3. The molecule has 0 aliphatic carbocycles. The normalized spacial score (nSPS) is 16.0. The monoisotopic (exact) mass is 391 g/mol. The van der Waals surface area contributed by atoms with Crippen LogP contribution in [0.1, 0.15) is 30.3 Å². The molecule has 2 aromatic heterocycles. The van der Waals surface area contributed by atoms with Gasteiger partial charge in [0.15, 0.2) is 0 Å². The number of nitrogens with one attached hydrogen (secondary N) is 2. The first-order chi connectivity index (χ1) is 14.2. The van der Waals surface area contributed by atoms with Gasteiger partial charge in [0.1, 0.15) is 11.6 Å². The van der Waals surface area contributed by atoms with Crippen LogP contribution >= 0.6 is 0 Å². The zero-order valence-corrected chi connectivity index (χ0v) is 16.0. The number of benzene rings is 2. The molecule has 6 nitrogen and oxygen atoms in total. The fourth-order valence-electron chi connectivity index (χ4n) is 4.23. The van der Waals surface area contributed by atoms with Gasteiger partial charge in [-0.05, 0) is 50.2 Å². The van der Waals surface area contributed by atoms with Crippen LogP contribution in [-0.2, 0) is 6.42 Å². The summed E-state index contributed by atoms with van der Waals surface area (Å²) in [5.74, 6) is 0.812. The number of piperidine rings is 1. The van der Waals surface area contributed by atoms with Crippen LogP contribution in [0.25, 0.3) is 21.8 Å². The molecular weight excluding hydrogens is 369 g/mol. The number of aromatic amines is 2. The minimum atomic E-state index is -0.266. The average molecular weight is 391 g/mol. The van der Waals surface area contributed by atoms with E-state index in [0.717, 1.165) is 61.3 Å². The summed E-state index contributed by atoms with van der Waals surface area (Å²) in [4.78, 5) is 22.4. The van der Waals surface area contributed by atoms with Crippen molar-refractivity contribution in [2.75, 3.05) is 19.6 Å². The minimum absolute atomic E-state index is 0.0596. The lowest BCUT2D eigenvalue weighted by atomic mass is 9.95. The Bertz CT molecular complexity index is 1220. The number of hydrogen-bond donors (Lipinski definition) is 2. The summed E-state index contributed by atoms with van der Waals surface area (Å²) in [6.45, 7) is 2.84. The van der Waals surface area contributed by atoms with E-state index >= 15 is 0 Å². The third-order valence-corrected chi connectivity index (χ3v) is 5.88. The molecule has 7 heteroatoms. The third-order valence-electron chi connectivity index (χ3n) is 5.88. The van der Waals surface area contributed by atoms with Crippen molar-refractivity contribution >= 4 is 21.8 Å². The SMILES string of the molecule is O=c1[nH]c(C2CCN(CCc3[nH]nc4cc(F)ccc34)CC2)nc2ccccc12. The minimum Gasteiger partial charge on any atom is -0.310 e. The summed E-state index contributed by atoms with van der Waals surface area (Å²) >= 11 is 0. The summed E-state index contributed by atoms with van der Waals surface area (Å²) in [5, 5.41) is 8.87. The van der Waals surface area contributed by atoms with Gasteiger partial charge in [0, 0.05) is 36.0 Å². The first-order valence-corrected chi connectivity index (χ1v) is 10.0. The number of halogens is 1. The van der Waals surface area contributed by atoms with E-state index in [0.29, 0.717) is 10.9 Å². The second kappa shape index (κ2) is 7.40. The molecule has 4 aromatic rings. The molecule has 0 amide bonds. The number of hydrogen-bond acceptors (Lipinski definition) is 4. The van der Waals surface area contributed by atoms with Crippen LogP contribution in [0.15, 0.2) is 47.3 Å². The molecule has 148 valence electrons. The molecule has 3 heterocycles. The van der Waals surface area contributed by atoms with Crippen molar-refractivity contribution in [2.24, 2.45) is 0 Å². The lowest BCUT2D eigenvalue weighted by molar-refractivity contribution is 0.211. The summed E-state index contributed by atoms with van der Waals surface area (Å²) in [7, 11) is 0. The molecule has 5 rings (SSSR count). The molecule has 29 heavy (non-hydrogen) atoms. The molecule has 2 N–H and O–H groups in total. The van der Waals surface area contributed by atoms with E-state index in [1.165, 1.54) is 12.1 Å². The topological polar surface area (TPSA) is 77.7 Å². The van der Waals surface area contributed by atoms with Crippen molar-refractivity contribution in [3.8, 4) is 0 Å². The van der Waals surface area contributed by atoms with Crippen LogP contribution in [0, 0.1) is 5.82 Å². The number of nitrogens with zero attached hydrogens (tertiary/aromatic N) is 3. The zero-order valence-electron chi connectivity index (χ0n) is 16.0. The number of fused-ring (bicyclic) bond motifs is 2. The number of H-pyrrole nitrogens is 2. The Kier molecular flexibility index (Phi) is 4.60. The fourth-order valence-corrected chi connectivity index (χ4v) is 4.23. The second-order valence-corrected chi connectivity index (χ2v) is 7.70. The van der Waals surface area contributed by atoms with Gasteiger partial charge < -0.3 is 9.88 Å². The van der Waals surface area contributed by atoms with Gasteiger partial charge in [0.2, 0.25) is 0 Å². The van der Waals surface area contributed by atoms with Gasteiger partial charge in [-0.2, -0.15) is 5.10 Å². The molecule has 0 saturated carbocycles. The lowest BCUT2D eigenvalue weighted by Crippen LogP contribution is -2.35. The fraction of sp³-hybridized carbons (Fsp3) is 0.318. The van der Waals surface area contributed by atoms with Crippen LogP contribution in [0.4, 0.5) is 4.39 Å². The van der Waals surface area contributed by atoms with Gasteiger partial charge in [0.05, 0.1) is 16.4 Å². The largest absolute Gasteiger partial charge is 0.310 e. The van der Waals surface area contributed by atoms with Crippen molar-refractivity contribution < 1.29 is 4.39 Å². The highest BCUT2D eigenvalue weighted by molar-refractivity contribution is 5.81. The Morgan fingerprint density at radius 2 is 1.90 bits per heavy atom. The van der Waals surface area contributed by atoms with Gasteiger partial charge in [-0.15, -0.1) is 0 Å². The van der Waals surface area contributed by atoms with Crippen molar-refractivity contribution in [3.63, 3.8) is 0 Å². The van der Waals surface area contributed by atoms with E-state index in [2.05, 4.69) is 20.1 Å². The molecule has 1 fully saturated rings. The maximum Gasteiger partial charge on any atom is 0.258 e. The smallest absolute Gasteiger partial charge is 0.258 e. The van der Waals surface area contributed by atoms with Gasteiger partial charge in [0.25, 0.3) is 5.56 Å². The molecule has 2 aromatic carbocycles. The number of rotatable bonds is 4. The van der Waals surface area contributed by atoms with Crippen LogP contribution in [-0.4, -0.2) is 44.7 Å². The van der Waals surface area contributed by atoms with Crippen molar-refractivity contribution in [2.45, 2.75) is 25.2 Å². The van der Waals surface area contributed by atoms with Crippen molar-refractivity contribution in [1.29, 1.82) is 0 Å². The number of likely N-dealkylation sites (tertiary alicyclic amines) is 1. The Morgan fingerprint density at radius 1 is 1.07 bits per heavy atom. The number of para-hydroxylation sites is 1. The van der Waals surface area contributed by atoms with Crippen LogP contribution in [0.3, 0.4) is 0 Å². The van der Waals surface area contributed by atoms with Crippen molar-refractivity contribution in [1.82, 2.24) is 25.1 Å². The molecule has 1 saturated heterocycles. The highest BCUT2D eigenvalue weighted by Crippen LogP contribution is 2.26. The molecule has 1 aliphatic rings. The number of aromatic nitrogens is 4. The summed E-state index contributed by atoms with van der Waals surface area (Å²) in [6.07, 6.45) is 2.78. The summed E-state index contributed by atoms with van der Waals surface area (Å²) in [5.41, 5.74) is 2.42. The molecule has 0 spiro atoms. The third kappa shape index (κ3) is 3.53. The Morgan fingerprint density at radius 3 is 2.76 bits per heavy atom. The van der Waals surface area contributed by atoms with Crippen LogP contribution in [0.5, 0.6) is 0 Å². The molecule has 1 aliphatic heterocycles. The molecule has 0 atom stereocenters. The quantitative estimate of drug-likeness (QED) is 0.559. The molecular formula is C22H22FN5O. The van der Waals surface area contributed by atoms with Gasteiger partial charge in [-0.3, -0.25) is 9.89 Å². The van der Waals surface area contributed by atoms with E-state index in [-0.39, 0.29) is 17.3 Å². The Balaban J connectivity index is 1.23. The average Bonchev–Trinajstić information content (AvgIpc) is 3.14. The highest BCUT2D eigenvalue weighted by atomic mass is 19.1. The van der Waals surface area contributed by atoms with E-state index < -0.39 is 0 Å². The van der Waals surface area contributed by atoms with E-state index in [4.69, 9.17) is 4.98 Å².